The number of carbonyl (C=O) groups is 1. The summed E-state index contributed by atoms with van der Waals surface area (Å²) in [4.78, 5) is 14.4. The van der Waals surface area contributed by atoms with E-state index in [0.717, 1.165) is 5.56 Å². The van der Waals surface area contributed by atoms with E-state index in [1.54, 1.807) is 23.5 Å². The Morgan fingerprint density at radius 3 is 2.67 bits per heavy atom. The molecule has 2 heterocycles. The lowest BCUT2D eigenvalue weighted by molar-refractivity contribution is 0.0910. The zero-order valence-corrected chi connectivity index (χ0v) is 16.0. The number of likely N-dealkylation sites (N-methyl/N-ethyl adjacent to an activating group) is 1. The first-order chi connectivity index (χ1) is 13.0. The highest BCUT2D eigenvalue weighted by atomic mass is 32.1. The molecule has 7 heteroatoms. The third-order valence-corrected chi connectivity index (χ3v) is 4.79. The van der Waals surface area contributed by atoms with Gasteiger partial charge in [0.15, 0.2) is 5.76 Å². The number of hydrogen-bond donors (Lipinski definition) is 1. The predicted octanol–water partition coefficient (Wildman–Crippen LogP) is 4.09. The smallest absolute Gasteiger partial charge is 0.287 e. The molecule has 0 radical (unpaired) electrons. The first-order valence-corrected chi connectivity index (χ1v) is 9.41. The summed E-state index contributed by atoms with van der Waals surface area (Å²) in [5, 5.41) is 7.01. The van der Waals surface area contributed by atoms with Gasteiger partial charge in [0.25, 0.3) is 5.91 Å². The van der Waals surface area contributed by atoms with Crippen molar-refractivity contribution in [3.8, 4) is 5.75 Å². The Kier molecular flexibility index (Phi) is 6.26. The Balaban J connectivity index is 1.54. The number of nitrogens with one attached hydrogen (secondary N) is 1. The highest BCUT2D eigenvalue weighted by molar-refractivity contribution is 7.07. The number of ether oxygens (including phenoxy) is 1. The molecule has 1 amide bonds. The number of amides is 1. The van der Waals surface area contributed by atoms with Crippen LogP contribution in [0, 0.1) is 5.82 Å². The molecule has 0 bridgehead atoms. The van der Waals surface area contributed by atoms with Crippen LogP contribution in [0.15, 0.2) is 57.6 Å². The summed E-state index contributed by atoms with van der Waals surface area (Å²) in [6, 6.07) is 11.2. The van der Waals surface area contributed by atoms with E-state index < -0.39 is 0 Å². The SMILES string of the molecule is CN(C)C(CNC(=O)c1ccc(COc2ccc(F)cc2)o1)c1ccsc1. The second-order valence-electron chi connectivity index (χ2n) is 6.25. The molecule has 27 heavy (non-hydrogen) atoms. The molecule has 3 aromatic rings. The molecule has 1 atom stereocenters. The highest BCUT2D eigenvalue weighted by Gasteiger charge is 2.18. The topological polar surface area (TPSA) is 54.7 Å². The molecule has 1 aromatic carbocycles. The zero-order chi connectivity index (χ0) is 19.2. The van der Waals surface area contributed by atoms with Crippen molar-refractivity contribution >= 4 is 17.2 Å². The molecular weight excluding hydrogens is 367 g/mol. The van der Waals surface area contributed by atoms with E-state index in [-0.39, 0.29) is 30.1 Å². The largest absolute Gasteiger partial charge is 0.486 e. The second-order valence-corrected chi connectivity index (χ2v) is 7.03. The van der Waals surface area contributed by atoms with Crippen molar-refractivity contribution in [3.05, 3.63) is 76.1 Å². The monoisotopic (exact) mass is 388 g/mol. The molecule has 1 N–H and O–H groups in total. The fraction of sp³-hybridized carbons (Fsp3) is 0.250. The molecule has 0 fully saturated rings. The van der Waals surface area contributed by atoms with E-state index in [4.69, 9.17) is 9.15 Å². The fourth-order valence-corrected chi connectivity index (χ4v) is 3.31. The van der Waals surface area contributed by atoms with Crippen LogP contribution >= 0.6 is 11.3 Å². The van der Waals surface area contributed by atoms with Gasteiger partial charge in [-0.25, -0.2) is 4.39 Å². The van der Waals surface area contributed by atoms with Crippen molar-refractivity contribution in [2.75, 3.05) is 20.6 Å². The maximum Gasteiger partial charge on any atom is 0.287 e. The summed E-state index contributed by atoms with van der Waals surface area (Å²) in [6.45, 7) is 0.638. The lowest BCUT2D eigenvalue weighted by Gasteiger charge is -2.23. The number of thiophene rings is 1. The summed E-state index contributed by atoms with van der Waals surface area (Å²) < 4.78 is 24.0. The van der Waals surface area contributed by atoms with Crippen LogP contribution in [0.3, 0.4) is 0 Å². The second kappa shape index (κ2) is 8.83. The first kappa shape index (κ1) is 19.1. The fourth-order valence-electron chi connectivity index (χ4n) is 2.60. The van der Waals surface area contributed by atoms with Gasteiger partial charge >= 0.3 is 0 Å². The maximum absolute atomic E-state index is 12.9. The lowest BCUT2D eigenvalue weighted by atomic mass is 10.1. The van der Waals surface area contributed by atoms with Gasteiger partial charge in [-0.1, -0.05) is 0 Å². The van der Waals surface area contributed by atoms with Crippen LogP contribution in [0.25, 0.3) is 0 Å². The van der Waals surface area contributed by atoms with Crippen molar-refractivity contribution < 1.29 is 18.3 Å². The van der Waals surface area contributed by atoms with Crippen LogP contribution in [-0.2, 0) is 6.61 Å². The van der Waals surface area contributed by atoms with Crippen LogP contribution in [0.1, 0.15) is 27.9 Å². The summed E-state index contributed by atoms with van der Waals surface area (Å²) in [5.41, 5.74) is 1.16. The van der Waals surface area contributed by atoms with Crippen LogP contribution in [0.2, 0.25) is 0 Å². The quantitative estimate of drug-likeness (QED) is 0.631. The molecule has 0 saturated heterocycles. The minimum Gasteiger partial charge on any atom is -0.486 e. The molecule has 0 aliphatic rings. The molecule has 1 unspecified atom stereocenters. The standard InChI is InChI=1S/C20H21FN2O3S/c1-23(2)18(14-9-10-27-13-14)11-22-20(24)19-8-7-17(26-19)12-25-16-5-3-15(21)4-6-16/h3-10,13,18H,11-12H2,1-2H3,(H,22,24). The van der Waals surface area contributed by atoms with E-state index in [9.17, 15) is 9.18 Å². The van der Waals surface area contributed by atoms with Gasteiger partial charge in [-0.3, -0.25) is 4.79 Å². The average Bonchev–Trinajstić information content (AvgIpc) is 3.33. The number of benzene rings is 1. The number of furan rings is 1. The van der Waals surface area contributed by atoms with Gasteiger partial charge in [0.2, 0.25) is 0 Å². The molecule has 0 spiro atoms. The van der Waals surface area contributed by atoms with Crippen LogP contribution in [-0.4, -0.2) is 31.4 Å². The Morgan fingerprint density at radius 1 is 1.22 bits per heavy atom. The minimum absolute atomic E-state index is 0.0939. The normalized spacial score (nSPS) is 12.1. The van der Waals surface area contributed by atoms with E-state index in [2.05, 4.69) is 21.7 Å². The van der Waals surface area contributed by atoms with E-state index in [1.165, 1.54) is 24.3 Å². The molecule has 142 valence electrons. The molecule has 3 rings (SSSR count). The Hall–Kier alpha value is -2.64. The third-order valence-electron chi connectivity index (χ3n) is 4.09. The number of carbonyl (C=O) groups excluding carboxylic acids is 1. The molecule has 5 nitrogen and oxygen atoms in total. The first-order valence-electron chi connectivity index (χ1n) is 8.46. The Morgan fingerprint density at radius 2 is 2.00 bits per heavy atom. The van der Waals surface area contributed by atoms with Crippen molar-refractivity contribution in [3.63, 3.8) is 0 Å². The summed E-state index contributed by atoms with van der Waals surface area (Å²) >= 11 is 1.63. The highest BCUT2D eigenvalue weighted by Crippen LogP contribution is 2.20. The van der Waals surface area contributed by atoms with E-state index in [1.807, 2.05) is 19.5 Å². The molecule has 0 saturated carbocycles. The van der Waals surface area contributed by atoms with Gasteiger partial charge in [0.05, 0.1) is 6.04 Å². The molecule has 0 aliphatic heterocycles. The number of rotatable bonds is 8. The van der Waals surface area contributed by atoms with Crippen molar-refractivity contribution in [2.45, 2.75) is 12.6 Å². The summed E-state index contributed by atoms with van der Waals surface area (Å²) in [7, 11) is 3.96. The summed E-state index contributed by atoms with van der Waals surface area (Å²) in [6.07, 6.45) is 0. The van der Waals surface area contributed by atoms with E-state index in [0.29, 0.717) is 18.1 Å². The van der Waals surface area contributed by atoms with Crippen LogP contribution in [0.4, 0.5) is 4.39 Å². The zero-order valence-electron chi connectivity index (χ0n) is 15.1. The molecule has 2 aromatic heterocycles. The minimum atomic E-state index is -0.321. The molecular formula is C20H21FN2O3S. The average molecular weight is 388 g/mol. The van der Waals surface area contributed by atoms with Crippen molar-refractivity contribution in [1.29, 1.82) is 0 Å². The van der Waals surface area contributed by atoms with Crippen LogP contribution < -0.4 is 10.1 Å². The van der Waals surface area contributed by atoms with Gasteiger partial charge < -0.3 is 19.4 Å². The Labute approximate surface area is 161 Å². The lowest BCUT2D eigenvalue weighted by Crippen LogP contribution is -2.34. The van der Waals surface area contributed by atoms with Gasteiger partial charge in [0, 0.05) is 6.54 Å². The van der Waals surface area contributed by atoms with Gasteiger partial charge in [-0.2, -0.15) is 11.3 Å². The van der Waals surface area contributed by atoms with Gasteiger partial charge in [0.1, 0.15) is 23.9 Å². The summed E-state index contributed by atoms with van der Waals surface area (Å²) in [5.74, 6) is 0.688. The van der Waals surface area contributed by atoms with Gasteiger partial charge in [-0.05, 0) is 72.9 Å². The van der Waals surface area contributed by atoms with E-state index >= 15 is 0 Å². The van der Waals surface area contributed by atoms with Crippen molar-refractivity contribution in [1.82, 2.24) is 10.2 Å². The van der Waals surface area contributed by atoms with Crippen molar-refractivity contribution in [2.24, 2.45) is 0 Å². The number of hydrogen-bond acceptors (Lipinski definition) is 5. The van der Waals surface area contributed by atoms with Crippen LogP contribution in [0.5, 0.6) is 5.75 Å². The third kappa shape index (κ3) is 5.18. The maximum atomic E-state index is 12.9. The predicted molar refractivity (Wildman–Crippen MR) is 103 cm³/mol. The Bertz CT molecular complexity index is 860. The van der Waals surface area contributed by atoms with Gasteiger partial charge in [-0.15, -0.1) is 0 Å². The number of halogens is 1. The number of nitrogens with zero attached hydrogens (tertiary/aromatic N) is 1. The molecule has 0 aliphatic carbocycles.